The zero-order chi connectivity index (χ0) is 19.9. The molecule has 0 aliphatic carbocycles. The monoisotopic (exact) mass is 391 g/mol. The number of rotatable bonds is 10. The van der Waals surface area contributed by atoms with E-state index in [0.29, 0.717) is 24.5 Å². The molecule has 0 amide bonds. The Bertz CT molecular complexity index is 837. The Morgan fingerprint density at radius 1 is 1.15 bits per heavy atom. The Balaban J connectivity index is 2.50. The number of hydrogen-bond donors (Lipinski definition) is 3. The summed E-state index contributed by atoms with van der Waals surface area (Å²) in [6.07, 6.45) is 1.99. The molecule has 0 spiro atoms. The van der Waals surface area contributed by atoms with Gasteiger partial charge in [0.1, 0.15) is 10.6 Å². The van der Waals surface area contributed by atoms with E-state index >= 15 is 0 Å². The molecule has 0 heterocycles. The second-order valence-electron chi connectivity index (χ2n) is 6.75. The Labute approximate surface area is 162 Å². The molecule has 0 atom stereocenters. The number of nitrogens with two attached hydrogens (primary N) is 1. The van der Waals surface area contributed by atoms with Gasteiger partial charge in [-0.05, 0) is 36.2 Å². The number of para-hydroxylation sites is 1. The van der Waals surface area contributed by atoms with Crippen molar-refractivity contribution in [1.82, 2.24) is 5.32 Å². The van der Waals surface area contributed by atoms with Gasteiger partial charge in [0.15, 0.2) is 5.75 Å². The van der Waals surface area contributed by atoms with Gasteiger partial charge in [0, 0.05) is 19.1 Å². The van der Waals surface area contributed by atoms with Crippen LogP contribution < -0.4 is 20.5 Å². The molecule has 0 unspecified atom stereocenters. The molecule has 2 aromatic rings. The number of benzene rings is 2. The number of hydrogen-bond acceptors (Lipinski definition) is 5. The van der Waals surface area contributed by atoms with Crippen LogP contribution >= 0.6 is 0 Å². The van der Waals surface area contributed by atoms with Gasteiger partial charge in [-0.15, -0.1) is 0 Å². The van der Waals surface area contributed by atoms with Crippen molar-refractivity contribution < 1.29 is 13.2 Å². The molecule has 0 radical (unpaired) electrons. The normalized spacial score (nSPS) is 11.6. The van der Waals surface area contributed by atoms with Gasteiger partial charge in [-0.2, -0.15) is 0 Å². The van der Waals surface area contributed by atoms with E-state index in [2.05, 4.69) is 17.6 Å². The van der Waals surface area contributed by atoms with Gasteiger partial charge >= 0.3 is 0 Å². The van der Waals surface area contributed by atoms with Crippen molar-refractivity contribution in [2.75, 3.05) is 11.9 Å². The van der Waals surface area contributed by atoms with Crippen molar-refractivity contribution in [2.24, 2.45) is 5.14 Å². The van der Waals surface area contributed by atoms with E-state index in [1.165, 1.54) is 0 Å². The molecule has 6 nitrogen and oxygen atoms in total. The smallest absolute Gasteiger partial charge is 0.241 e. The van der Waals surface area contributed by atoms with Crippen LogP contribution in [0, 0.1) is 0 Å². The van der Waals surface area contributed by atoms with Crippen LogP contribution in [0.25, 0.3) is 0 Å². The van der Waals surface area contributed by atoms with E-state index < -0.39 is 10.0 Å². The molecule has 0 saturated carbocycles. The number of nitrogens with one attached hydrogen (secondary N) is 2. The molecule has 27 heavy (non-hydrogen) atoms. The number of ether oxygens (including phenoxy) is 1. The lowest BCUT2D eigenvalue weighted by molar-refractivity contribution is 0.468. The van der Waals surface area contributed by atoms with Gasteiger partial charge in [-0.3, -0.25) is 0 Å². The second-order valence-corrected chi connectivity index (χ2v) is 8.28. The molecule has 2 aromatic carbocycles. The van der Waals surface area contributed by atoms with Crippen LogP contribution in [0.4, 0.5) is 5.69 Å². The average molecular weight is 392 g/mol. The van der Waals surface area contributed by atoms with Crippen LogP contribution in [0.3, 0.4) is 0 Å². The highest BCUT2D eigenvalue weighted by Crippen LogP contribution is 2.37. The highest BCUT2D eigenvalue weighted by Gasteiger charge is 2.21. The zero-order valence-corrected chi connectivity index (χ0v) is 17.0. The summed E-state index contributed by atoms with van der Waals surface area (Å²) >= 11 is 0. The average Bonchev–Trinajstić information content (AvgIpc) is 2.61. The molecular weight excluding hydrogens is 362 g/mol. The van der Waals surface area contributed by atoms with Crippen molar-refractivity contribution in [2.45, 2.75) is 51.1 Å². The number of sulfonamides is 1. The molecule has 0 fully saturated rings. The SMILES string of the molecule is CCCCNc1cc(CNC(C)C)cc(S(N)(=O)=O)c1Oc1ccccc1. The van der Waals surface area contributed by atoms with Crippen LogP contribution in [0.2, 0.25) is 0 Å². The van der Waals surface area contributed by atoms with Gasteiger partial charge in [0.05, 0.1) is 5.69 Å². The molecule has 7 heteroatoms. The molecule has 4 N–H and O–H groups in total. The zero-order valence-electron chi connectivity index (χ0n) is 16.2. The van der Waals surface area contributed by atoms with Crippen molar-refractivity contribution in [3.8, 4) is 11.5 Å². The first kappa shape index (κ1) is 21.2. The molecule has 0 aliphatic heterocycles. The number of anilines is 1. The summed E-state index contributed by atoms with van der Waals surface area (Å²) in [6, 6.07) is 12.8. The maximum absolute atomic E-state index is 12.3. The highest BCUT2D eigenvalue weighted by molar-refractivity contribution is 7.89. The minimum Gasteiger partial charge on any atom is -0.454 e. The molecule has 148 valence electrons. The first-order valence-electron chi connectivity index (χ1n) is 9.21. The fraction of sp³-hybridized carbons (Fsp3) is 0.400. The Morgan fingerprint density at radius 3 is 2.44 bits per heavy atom. The third-order valence-electron chi connectivity index (χ3n) is 3.94. The van der Waals surface area contributed by atoms with Gasteiger partial charge in [0.2, 0.25) is 10.0 Å². The van der Waals surface area contributed by atoms with Gasteiger partial charge in [-0.1, -0.05) is 45.4 Å². The summed E-state index contributed by atoms with van der Waals surface area (Å²) in [5, 5.41) is 12.1. The predicted molar refractivity (Wildman–Crippen MR) is 110 cm³/mol. The van der Waals surface area contributed by atoms with Crippen LogP contribution in [0.1, 0.15) is 39.2 Å². The van der Waals surface area contributed by atoms with Crippen LogP contribution in [-0.4, -0.2) is 21.0 Å². The van der Waals surface area contributed by atoms with E-state index in [1.807, 2.05) is 38.1 Å². The largest absolute Gasteiger partial charge is 0.454 e. The Kier molecular flexibility index (Phi) is 7.65. The van der Waals surface area contributed by atoms with Crippen molar-refractivity contribution in [3.63, 3.8) is 0 Å². The van der Waals surface area contributed by atoms with Crippen LogP contribution in [-0.2, 0) is 16.6 Å². The van der Waals surface area contributed by atoms with Crippen LogP contribution in [0.15, 0.2) is 47.4 Å². The van der Waals surface area contributed by atoms with E-state index in [-0.39, 0.29) is 16.7 Å². The van der Waals surface area contributed by atoms with E-state index in [1.54, 1.807) is 18.2 Å². The molecule has 0 bridgehead atoms. The lowest BCUT2D eigenvalue weighted by Gasteiger charge is -2.18. The Hall–Kier alpha value is -2.09. The fourth-order valence-corrected chi connectivity index (χ4v) is 3.26. The minimum absolute atomic E-state index is 0.0200. The van der Waals surface area contributed by atoms with Crippen molar-refractivity contribution in [3.05, 3.63) is 48.0 Å². The van der Waals surface area contributed by atoms with E-state index in [4.69, 9.17) is 9.88 Å². The maximum atomic E-state index is 12.3. The minimum atomic E-state index is -3.96. The molecule has 0 aromatic heterocycles. The quantitative estimate of drug-likeness (QED) is 0.535. The summed E-state index contributed by atoms with van der Waals surface area (Å²) in [6.45, 7) is 7.42. The lowest BCUT2D eigenvalue weighted by Crippen LogP contribution is -2.22. The third kappa shape index (κ3) is 6.53. The summed E-state index contributed by atoms with van der Waals surface area (Å²) in [4.78, 5) is -0.0200. The second kappa shape index (κ2) is 9.73. The fourth-order valence-electron chi connectivity index (χ4n) is 2.54. The first-order chi connectivity index (χ1) is 12.8. The standard InChI is InChI=1S/C20H29N3O3S/c1-4-5-11-22-18-12-16(14-23-15(2)3)13-19(27(21,24)25)20(18)26-17-9-7-6-8-10-17/h6-10,12-13,15,22-23H,4-5,11,14H2,1-3H3,(H2,21,24,25). The number of primary sulfonamides is 1. The van der Waals surface area contributed by atoms with Crippen LogP contribution in [0.5, 0.6) is 11.5 Å². The molecule has 2 rings (SSSR count). The highest BCUT2D eigenvalue weighted by atomic mass is 32.2. The molecule has 0 saturated heterocycles. The first-order valence-corrected chi connectivity index (χ1v) is 10.8. The summed E-state index contributed by atoms with van der Waals surface area (Å²) in [5.41, 5.74) is 1.45. The van der Waals surface area contributed by atoms with Crippen molar-refractivity contribution in [1.29, 1.82) is 0 Å². The molecule has 0 aliphatic rings. The van der Waals surface area contributed by atoms with Gasteiger partial charge < -0.3 is 15.4 Å². The molecular formula is C20H29N3O3S. The van der Waals surface area contributed by atoms with Gasteiger partial charge in [-0.25, -0.2) is 13.6 Å². The third-order valence-corrected chi connectivity index (χ3v) is 4.86. The predicted octanol–water partition coefficient (Wildman–Crippen LogP) is 3.84. The Morgan fingerprint density at radius 2 is 1.85 bits per heavy atom. The maximum Gasteiger partial charge on any atom is 0.241 e. The van der Waals surface area contributed by atoms with E-state index in [0.717, 1.165) is 18.4 Å². The lowest BCUT2D eigenvalue weighted by atomic mass is 10.1. The summed E-state index contributed by atoms with van der Waals surface area (Å²) in [5.74, 6) is 0.780. The number of unbranched alkanes of at least 4 members (excludes halogenated alkanes) is 1. The van der Waals surface area contributed by atoms with Crippen molar-refractivity contribution >= 4 is 15.7 Å². The summed E-state index contributed by atoms with van der Waals surface area (Å²) in [7, 11) is -3.96. The van der Waals surface area contributed by atoms with Gasteiger partial charge in [0.25, 0.3) is 0 Å². The van der Waals surface area contributed by atoms with E-state index in [9.17, 15) is 8.42 Å². The summed E-state index contributed by atoms with van der Waals surface area (Å²) < 4.78 is 30.5. The topological polar surface area (TPSA) is 93.5 Å².